The van der Waals surface area contributed by atoms with Crippen molar-refractivity contribution >= 4 is 23.5 Å². The zero-order chi connectivity index (χ0) is 15.4. The number of rotatable bonds is 3. The van der Waals surface area contributed by atoms with Crippen molar-refractivity contribution in [3.8, 4) is 17.3 Å². The minimum atomic E-state index is -0.250. The monoisotopic (exact) mass is 306 g/mol. The van der Waals surface area contributed by atoms with Gasteiger partial charge in [0.25, 0.3) is 0 Å². The molecule has 0 aliphatic rings. The first-order chi connectivity index (χ1) is 10.7. The summed E-state index contributed by atoms with van der Waals surface area (Å²) in [6.07, 6.45) is 3.88. The Hall–Kier alpha value is -2.77. The van der Waals surface area contributed by atoms with Crippen LogP contribution in [0.4, 0.5) is 4.39 Å². The lowest BCUT2D eigenvalue weighted by Crippen LogP contribution is -1.79. The molecule has 3 rings (SSSR count). The van der Waals surface area contributed by atoms with Gasteiger partial charge in [-0.1, -0.05) is 18.2 Å². The van der Waals surface area contributed by atoms with E-state index in [1.165, 1.54) is 23.5 Å². The van der Waals surface area contributed by atoms with E-state index in [2.05, 4.69) is 11.1 Å². The molecule has 0 amide bonds. The van der Waals surface area contributed by atoms with Crippen molar-refractivity contribution in [3.05, 3.63) is 75.9 Å². The van der Waals surface area contributed by atoms with Gasteiger partial charge in [0.15, 0.2) is 0 Å². The van der Waals surface area contributed by atoms with Crippen LogP contribution in [-0.4, -0.2) is 4.98 Å². The highest BCUT2D eigenvalue weighted by Gasteiger charge is 2.02. The Balaban J connectivity index is 1.77. The Bertz CT molecular complexity index is 840. The fourth-order valence-electron chi connectivity index (χ4n) is 1.95. The number of hydrogen-bond donors (Lipinski definition) is 0. The van der Waals surface area contributed by atoms with E-state index in [-0.39, 0.29) is 5.82 Å². The molecule has 0 radical (unpaired) electrons. The van der Waals surface area contributed by atoms with E-state index in [0.717, 1.165) is 21.8 Å². The number of halogens is 1. The average Bonchev–Trinajstić information content (AvgIpc) is 3.03. The maximum absolute atomic E-state index is 12.9. The van der Waals surface area contributed by atoms with E-state index in [1.54, 1.807) is 24.3 Å². The molecule has 1 aromatic heterocycles. The van der Waals surface area contributed by atoms with E-state index in [4.69, 9.17) is 5.26 Å². The van der Waals surface area contributed by atoms with Crippen LogP contribution in [0.25, 0.3) is 23.4 Å². The van der Waals surface area contributed by atoms with Gasteiger partial charge < -0.3 is 0 Å². The van der Waals surface area contributed by atoms with Crippen LogP contribution in [0.5, 0.6) is 0 Å². The molecule has 0 aliphatic carbocycles. The molecule has 0 aliphatic heterocycles. The molecule has 3 aromatic rings. The molecule has 0 saturated carbocycles. The fraction of sp³-hybridized carbons (Fsp3) is 0. The van der Waals surface area contributed by atoms with E-state index in [9.17, 15) is 4.39 Å². The lowest BCUT2D eigenvalue weighted by molar-refractivity contribution is 0.628. The van der Waals surface area contributed by atoms with Crippen LogP contribution in [0.15, 0.2) is 53.9 Å². The third kappa shape index (κ3) is 3.27. The molecule has 0 fully saturated rings. The molecule has 106 valence electrons. The summed E-state index contributed by atoms with van der Waals surface area (Å²) in [5.41, 5.74) is 3.39. The van der Waals surface area contributed by atoms with Crippen molar-refractivity contribution < 1.29 is 4.39 Å². The summed E-state index contributed by atoms with van der Waals surface area (Å²) in [7, 11) is 0. The lowest BCUT2D eigenvalue weighted by Gasteiger charge is -1.95. The SMILES string of the molecule is N#Cc1ccc(C=Cc2nc(-c3ccc(F)cc3)cs2)cc1. The highest BCUT2D eigenvalue weighted by molar-refractivity contribution is 7.10. The molecule has 4 heteroatoms. The Morgan fingerprint density at radius 1 is 1.00 bits per heavy atom. The van der Waals surface area contributed by atoms with Crippen LogP contribution in [0.1, 0.15) is 16.1 Å². The van der Waals surface area contributed by atoms with Gasteiger partial charge in [-0.3, -0.25) is 0 Å². The second kappa shape index (κ2) is 6.33. The summed E-state index contributed by atoms with van der Waals surface area (Å²) in [6, 6.07) is 15.7. The molecule has 0 unspecified atom stereocenters. The quantitative estimate of drug-likeness (QED) is 0.683. The normalized spacial score (nSPS) is 10.7. The number of nitriles is 1. The van der Waals surface area contributed by atoms with Crippen LogP contribution >= 0.6 is 11.3 Å². The second-order valence-electron chi connectivity index (χ2n) is 4.65. The van der Waals surface area contributed by atoms with Gasteiger partial charge in [-0.2, -0.15) is 5.26 Å². The second-order valence-corrected chi connectivity index (χ2v) is 5.53. The molecule has 0 N–H and O–H groups in total. The van der Waals surface area contributed by atoms with Gasteiger partial charge in [0.2, 0.25) is 0 Å². The zero-order valence-corrected chi connectivity index (χ0v) is 12.3. The highest BCUT2D eigenvalue weighted by Crippen LogP contribution is 2.23. The van der Waals surface area contributed by atoms with Gasteiger partial charge >= 0.3 is 0 Å². The standard InChI is InChI=1S/C18H11FN2S/c19-16-8-6-15(7-9-16)17-12-22-18(21-17)10-5-13-1-3-14(11-20)4-2-13/h1-10,12H. The first kappa shape index (κ1) is 14.2. The summed E-state index contributed by atoms with van der Waals surface area (Å²) < 4.78 is 12.9. The molecule has 0 atom stereocenters. The van der Waals surface area contributed by atoms with E-state index in [0.29, 0.717) is 5.56 Å². The van der Waals surface area contributed by atoms with E-state index >= 15 is 0 Å². The topological polar surface area (TPSA) is 36.7 Å². The van der Waals surface area contributed by atoms with Gasteiger partial charge in [0, 0.05) is 10.9 Å². The first-order valence-electron chi connectivity index (χ1n) is 6.64. The van der Waals surface area contributed by atoms with Crippen molar-refractivity contribution in [2.75, 3.05) is 0 Å². The summed E-state index contributed by atoms with van der Waals surface area (Å²) in [4.78, 5) is 4.52. The number of benzene rings is 2. The smallest absolute Gasteiger partial charge is 0.123 e. The van der Waals surface area contributed by atoms with Crippen LogP contribution in [0.3, 0.4) is 0 Å². The summed E-state index contributed by atoms with van der Waals surface area (Å²) in [5, 5.41) is 11.6. The van der Waals surface area contributed by atoms with E-state index < -0.39 is 0 Å². The Morgan fingerprint density at radius 2 is 1.73 bits per heavy atom. The number of aromatic nitrogens is 1. The average molecular weight is 306 g/mol. The van der Waals surface area contributed by atoms with Crippen molar-refractivity contribution in [1.82, 2.24) is 4.98 Å². The van der Waals surface area contributed by atoms with Crippen molar-refractivity contribution in [2.24, 2.45) is 0 Å². The zero-order valence-electron chi connectivity index (χ0n) is 11.5. The van der Waals surface area contributed by atoms with Crippen LogP contribution < -0.4 is 0 Å². The summed E-state index contributed by atoms with van der Waals surface area (Å²) in [6.45, 7) is 0. The molecule has 2 nitrogen and oxygen atoms in total. The summed E-state index contributed by atoms with van der Waals surface area (Å²) >= 11 is 1.53. The molecular weight excluding hydrogens is 295 g/mol. The molecule has 22 heavy (non-hydrogen) atoms. The van der Waals surface area contributed by atoms with Crippen LogP contribution in [0, 0.1) is 17.1 Å². The fourth-order valence-corrected chi connectivity index (χ4v) is 2.67. The maximum atomic E-state index is 12.9. The largest absolute Gasteiger partial charge is 0.237 e. The number of nitrogens with zero attached hydrogens (tertiary/aromatic N) is 2. The Kier molecular flexibility index (Phi) is 4.08. The van der Waals surface area contributed by atoms with Crippen LogP contribution in [0.2, 0.25) is 0 Å². The molecule has 0 saturated heterocycles. The van der Waals surface area contributed by atoms with Crippen LogP contribution in [-0.2, 0) is 0 Å². The highest BCUT2D eigenvalue weighted by atomic mass is 32.1. The molecular formula is C18H11FN2S. The van der Waals surface area contributed by atoms with Gasteiger partial charge in [-0.05, 0) is 48.0 Å². The van der Waals surface area contributed by atoms with Gasteiger partial charge in [-0.25, -0.2) is 9.37 Å². The summed E-state index contributed by atoms with van der Waals surface area (Å²) in [5.74, 6) is -0.250. The molecule has 2 aromatic carbocycles. The minimum Gasteiger partial charge on any atom is -0.237 e. The van der Waals surface area contributed by atoms with Crippen molar-refractivity contribution in [3.63, 3.8) is 0 Å². The third-order valence-corrected chi connectivity index (χ3v) is 3.93. The van der Waals surface area contributed by atoms with E-state index in [1.807, 2.05) is 29.7 Å². The first-order valence-corrected chi connectivity index (χ1v) is 7.52. The predicted octanol–water partition coefficient (Wildman–Crippen LogP) is 4.99. The third-order valence-electron chi connectivity index (χ3n) is 3.12. The number of hydrogen-bond acceptors (Lipinski definition) is 3. The Labute approximate surface area is 131 Å². The van der Waals surface area contributed by atoms with Gasteiger partial charge in [0.1, 0.15) is 10.8 Å². The van der Waals surface area contributed by atoms with Gasteiger partial charge in [-0.15, -0.1) is 11.3 Å². The van der Waals surface area contributed by atoms with Gasteiger partial charge in [0.05, 0.1) is 17.3 Å². The molecule has 0 spiro atoms. The van der Waals surface area contributed by atoms with Crippen molar-refractivity contribution in [1.29, 1.82) is 5.26 Å². The van der Waals surface area contributed by atoms with Crippen molar-refractivity contribution in [2.45, 2.75) is 0 Å². The predicted molar refractivity (Wildman–Crippen MR) is 87.6 cm³/mol. The Morgan fingerprint density at radius 3 is 2.41 bits per heavy atom. The number of thiazole rings is 1. The molecule has 0 bridgehead atoms. The maximum Gasteiger partial charge on any atom is 0.123 e. The lowest BCUT2D eigenvalue weighted by atomic mass is 10.1. The molecule has 1 heterocycles. The minimum absolute atomic E-state index is 0.250.